The minimum Gasteiger partial charge on any atom is -0.407 e. The van der Waals surface area contributed by atoms with Crippen LogP contribution in [0.5, 0.6) is 0 Å². The minimum absolute atomic E-state index is 0.248. The maximum Gasteiger partial charge on any atom is 0.426 e. The molecule has 7 nitrogen and oxygen atoms in total. The van der Waals surface area contributed by atoms with Gasteiger partial charge in [0.15, 0.2) is 5.58 Å². The van der Waals surface area contributed by atoms with Gasteiger partial charge in [-0.2, -0.15) is 0 Å². The van der Waals surface area contributed by atoms with Crippen LogP contribution >= 0.6 is 0 Å². The van der Waals surface area contributed by atoms with Crippen LogP contribution in [0, 0.1) is 5.92 Å². The number of nitrogen functional groups attached to an aromatic ring is 1. The van der Waals surface area contributed by atoms with Gasteiger partial charge in [-0.15, -0.1) is 0 Å². The topological polar surface area (TPSA) is 96.0 Å². The summed E-state index contributed by atoms with van der Waals surface area (Å²) < 4.78 is 8.26. The first-order valence-corrected chi connectivity index (χ1v) is 7.08. The van der Waals surface area contributed by atoms with Crippen molar-refractivity contribution >= 4 is 22.7 Å². The molecule has 2 aromatic heterocycles. The summed E-state index contributed by atoms with van der Waals surface area (Å²) >= 11 is 0. The summed E-state index contributed by atoms with van der Waals surface area (Å²) in [5.74, 6) is -1.17. The molecule has 1 atom stereocenters. The molecular weight excluding hydrogens is 284 g/mol. The van der Waals surface area contributed by atoms with E-state index in [1.165, 1.54) is 0 Å². The third-order valence-electron chi connectivity index (χ3n) is 4.15. The molecule has 3 heterocycles. The molecule has 3 aromatic rings. The lowest BCUT2D eigenvalue weighted by molar-refractivity contribution is 0.0808. The quantitative estimate of drug-likeness (QED) is 0.683. The van der Waals surface area contributed by atoms with Gasteiger partial charge in [-0.1, -0.05) is 0 Å². The van der Waals surface area contributed by atoms with Crippen molar-refractivity contribution in [1.82, 2.24) is 14.1 Å². The molecule has 4 rings (SSSR count). The number of fused-ring (bicyclic) bond motifs is 2. The van der Waals surface area contributed by atoms with Crippen LogP contribution in [-0.4, -0.2) is 20.0 Å². The fourth-order valence-corrected chi connectivity index (χ4v) is 3.00. The highest BCUT2D eigenvalue weighted by Gasteiger charge is 2.28. The number of hydrogen-bond donors (Lipinski definition) is 1. The summed E-state index contributed by atoms with van der Waals surface area (Å²) in [5.41, 5.74) is 8.03. The van der Waals surface area contributed by atoms with E-state index in [1.807, 2.05) is 4.57 Å². The highest BCUT2D eigenvalue weighted by Crippen LogP contribution is 2.23. The van der Waals surface area contributed by atoms with E-state index in [-0.39, 0.29) is 11.8 Å². The number of aromatic nitrogens is 3. The van der Waals surface area contributed by atoms with Gasteiger partial charge in [0.05, 0.1) is 6.33 Å². The van der Waals surface area contributed by atoms with Gasteiger partial charge in [0, 0.05) is 36.5 Å². The van der Waals surface area contributed by atoms with E-state index < -0.39 is 5.76 Å². The zero-order chi connectivity index (χ0) is 15.3. The molecule has 1 aliphatic heterocycles. The third kappa shape index (κ3) is 1.86. The van der Waals surface area contributed by atoms with Gasteiger partial charge in [-0.25, -0.2) is 14.3 Å². The molecule has 0 radical (unpaired) electrons. The van der Waals surface area contributed by atoms with Gasteiger partial charge in [-0.3, -0.25) is 4.79 Å². The van der Waals surface area contributed by atoms with Crippen LogP contribution < -0.4 is 11.5 Å². The van der Waals surface area contributed by atoms with Gasteiger partial charge in [-0.05, 0) is 24.6 Å². The molecule has 2 N–H and O–H groups in total. The number of aryl methyl sites for hydroxylation is 1. The number of anilines is 1. The Balaban J connectivity index is 1.76. The average Bonchev–Trinajstić information content (AvgIpc) is 3.08. The second-order valence-corrected chi connectivity index (χ2v) is 5.54. The van der Waals surface area contributed by atoms with Crippen LogP contribution in [0.25, 0.3) is 11.1 Å². The Kier molecular flexibility index (Phi) is 2.69. The number of imidazole rings is 1. The second kappa shape index (κ2) is 4.59. The first kappa shape index (κ1) is 12.9. The molecule has 0 fully saturated rings. The van der Waals surface area contributed by atoms with E-state index in [9.17, 15) is 9.59 Å². The van der Waals surface area contributed by atoms with Crippen molar-refractivity contribution in [3.05, 3.63) is 47.0 Å². The van der Waals surface area contributed by atoms with E-state index in [0.29, 0.717) is 29.6 Å². The van der Waals surface area contributed by atoms with Crippen molar-refractivity contribution in [3.8, 4) is 0 Å². The molecule has 1 aliphatic rings. The molecule has 1 unspecified atom stereocenters. The minimum atomic E-state index is -0.662. The average molecular weight is 298 g/mol. The molecule has 0 aliphatic carbocycles. The highest BCUT2D eigenvalue weighted by molar-refractivity contribution is 5.91. The van der Waals surface area contributed by atoms with Crippen molar-refractivity contribution in [2.24, 2.45) is 5.92 Å². The Morgan fingerprint density at radius 3 is 3.14 bits per heavy atom. The highest BCUT2D eigenvalue weighted by atomic mass is 16.4. The van der Waals surface area contributed by atoms with Gasteiger partial charge in [0.25, 0.3) is 0 Å². The second-order valence-electron chi connectivity index (χ2n) is 5.54. The lowest BCUT2D eigenvalue weighted by Gasteiger charge is -2.22. The van der Waals surface area contributed by atoms with Gasteiger partial charge in [0.1, 0.15) is 5.52 Å². The van der Waals surface area contributed by atoms with Crippen LogP contribution in [0.4, 0.5) is 5.69 Å². The lowest BCUT2D eigenvalue weighted by atomic mass is 9.95. The maximum atomic E-state index is 12.8. The monoisotopic (exact) mass is 298 g/mol. The summed E-state index contributed by atoms with van der Waals surface area (Å²) in [7, 11) is 0. The van der Waals surface area contributed by atoms with E-state index >= 15 is 0 Å². The van der Waals surface area contributed by atoms with E-state index in [0.717, 1.165) is 16.8 Å². The zero-order valence-corrected chi connectivity index (χ0v) is 11.7. The molecule has 0 spiro atoms. The molecular formula is C15H14N4O3. The van der Waals surface area contributed by atoms with Crippen LogP contribution in [0.2, 0.25) is 0 Å². The standard InChI is InChI=1S/C15H14N4O3/c16-10-1-2-13-12(6-10)19(15(21)22-13)14(20)9-3-4-18-8-17-7-11(18)5-9/h1-2,6-9H,3-5,16H2. The fourth-order valence-electron chi connectivity index (χ4n) is 3.00. The molecule has 0 amide bonds. The summed E-state index contributed by atoms with van der Waals surface area (Å²) in [4.78, 5) is 28.9. The summed E-state index contributed by atoms with van der Waals surface area (Å²) in [6.07, 6.45) is 4.76. The normalized spacial score (nSPS) is 17.5. The maximum absolute atomic E-state index is 12.8. The largest absolute Gasteiger partial charge is 0.426 e. The summed E-state index contributed by atoms with van der Waals surface area (Å²) in [6.45, 7) is 0.721. The van der Waals surface area contributed by atoms with Gasteiger partial charge in [0.2, 0.25) is 5.91 Å². The summed E-state index contributed by atoms with van der Waals surface area (Å²) in [5, 5.41) is 0. The SMILES string of the molecule is Nc1ccc2oc(=O)n(C(=O)C3CCn4cncc4C3)c2c1. The number of benzene rings is 1. The Labute approximate surface area is 125 Å². The molecule has 112 valence electrons. The third-order valence-corrected chi connectivity index (χ3v) is 4.15. The number of carbonyl (C=O) groups is 1. The van der Waals surface area contributed by atoms with Crippen molar-refractivity contribution in [3.63, 3.8) is 0 Å². The van der Waals surface area contributed by atoms with E-state index in [2.05, 4.69) is 4.98 Å². The number of oxazole rings is 1. The molecule has 7 heteroatoms. The van der Waals surface area contributed by atoms with Crippen molar-refractivity contribution in [2.75, 3.05) is 5.73 Å². The smallest absolute Gasteiger partial charge is 0.407 e. The molecule has 0 bridgehead atoms. The van der Waals surface area contributed by atoms with Crippen molar-refractivity contribution in [2.45, 2.75) is 19.4 Å². The Morgan fingerprint density at radius 1 is 1.41 bits per heavy atom. The van der Waals surface area contributed by atoms with E-state index in [1.54, 1.807) is 30.7 Å². The Morgan fingerprint density at radius 2 is 2.27 bits per heavy atom. The van der Waals surface area contributed by atoms with Crippen LogP contribution in [-0.2, 0) is 13.0 Å². The predicted molar refractivity (Wildman–Crippen MR) is 79.6 cm³/mol. The van der Waals surface area contributed by atoms with Crippen molar-refractivity contribution in [1.29, 1.82) is 0 Å². The van der Waals surface area contributed by atoms with Crippen molar-refractivity contribution < 1.29 is 9.21 Å². The number of nitrogens with zero attached hydrogens (tertiary/aromatic N) is 3. The van der Waals surface area contributed by atoms with Gasteiger partial charge < -0.3 is 14.7 Å². The van der Waals surface area contributed by atoms with Crippen LogP contribution in [0.15, 0.2) is 39.9 Å². The lowest BCUT2D eigenvalue weighted by Crippen LogP contribution is -2.33. The molecule has 1 aromatic carbocycles. The zero-order valence-electron chi connectivity index (χ0n) is 11.7. The first-order valence-electron chi connectivity index (χ1n) is 7.08. The Bertz CT molecular complexity index is 934. The fraction of sp³-hybridized carbons (Fsp3) is 0.267. The number of nitrogens with two attached hydrogens (primary N) is 1. The first-order chi connectivity index (χ1) is 10.6. The number of carbonyl (C=O) groups excluding carboxylic acids is 1. The molecule has 0 saturated heterocycles. The Hall–Kier alpha value is -2.83. The summed E-state index contributed by atoms with van der Waals surface area (Å²) in [6, 6.07) is 4.83. The van der Waals surface area contributed by atoms with E-state index in [4.69, 9.17) is 10.2 Å². The predicted octanol–water partition coefficient (Wildman–Crippen LogP) is 1.28. The molecule has 0 saturated carbocycles. The number of hydrogen-bond acceptors (Lipinski definition) is 5. The van der Waals surface area contributed by atoms with Crippen LogP contribution in [0.3, 0.4) is 0 Å². The van der Waals surface area contributed by atoms with Gasteiger partial charge >= 0.3 is 5.76 Å². The van der Waals surface area contributed by atoms with Crippen LogP contribution in [0.1, 0.15) is 16.9 Å². The molecule has 22 heavy (non-hydrogen) atoms. The number of rotatable bonds is 1.